The Morgan fingerprint density at radius 2 is 2.18 bits per heavy atom. The van der Waals surface area contributed by atoms with E-state index in [4.69, 9.17) is 0 Å². The number of nitrogens with zero attached hydrogens (tertiary/aromatic N) is 1. The number of methoxy groups -OCH3 is 1. The highest BCUT2D eigenvalue weighted by Crippen LogP contribution is 2.31. The number of carbonyl (C=O) groups is 1. The molecule has 3 atom stereocenters. The summed E-state index contributed by atoms with van der Waals surface area (Å²) in [6, 6.07) is 0.00658. The lowest BCUT2D eigenvalue weighted by atomic mass is 10.1. The van der Waals surface area contributed by atoms with E-state index in [1.54, 1.807) is 0 Å². The summed E-state index contributed by atoms with van der Waals surface area (Å²) in [5.41, 5.74) is 0. The predicted octanol–water partition coefficient (Wildman–Crippen LogP) is -0.829. The van der Waals surface area contributed by atoms with Crippen molar-refractivity contribution in [2.75, 3.05) is 26.7 Å². The molecule has 2 fully saturated rings. The fourth-order valence-electron chi connectivity index (χ4n) is 2.62. The Morgan fingerprint density at radius 1 is 1.47 bits per heavy atom. The van der Waals surface area contributed by atoms with Crippen molar-refractivity contribution in [2.24, 2.45) is 5.92 Å². The van der Waals surface area contributed by atoms with Crippen molar-refractivity contribution < 1.29 is 17.9 Å². The number of fused-ring (bicyclic) bond motifs is 1. The highest BCUT2D eigenvalue weighted by atomic mass is 32.2. The first-order valence-corrected chi connectivity index (χ1v) is 7.28. The van der Waals surface area contributed by atoms with Gasteiger partial charge in [-0.05, 0) is 25.8 Å². The van der Waals surface area contributed by atoms with Crippen LogP contribution in [0.2, 0.25) is 0 Å². The maximum Gasteiger partial charge on any atom is 0.325 e. The number of carbonyl (C=O) groups excluding carboxylic acids is 1. The van der Waals surface area contributed by atoms with Crippen LogP contribution in [0.3, 0.4) is 0 Å². The van der Waals surface area contributed by atoms with Crippen molar-refractivity contribution in [1.29, 1.82) is 0 Å². The molecule has 0 saturated carbocycles. The van der Waals surface area contributed by atoms with Crippen LogP contribution in [0, 0.1) is 5.92 Å². The molecule has 2 heterocycles. The number of hydrogen-bond acceptors (Lipinski definition) is 5. The summed E-state index contributed by atoms with van der Waals surface area (Å²) in [6.07, 6.45) is 0.866. The molecular weight excluding hydrogens is 244 g/mol. The van der Waals surface area contributed by atoms with Gasteiger partial charge in [-0.1, -0.05) is 0 Å². The number of sulfonamides is 1. The summed E-state index contributed by atoms with van der Waals surface area (Å²) in [6.45, 7) is 3.44. The van der Waals surface area contributed by atoms with Crippen molar-refractivity contribution in [3.63, 3.8) is 0 Å². The Hall–Kier alpha value is -0.660. The lowest BCUT2D eigenvalue weighted by Gasteiger charge is -2.25. The standard InChI is InChI=1S/C10H18N2O4S/c1-7(10(13)16-2)17(14,15)12-4-3-8-5-11-6-9(8)12/h7-9,11H,3-6H2,1-2H3/t7?,8-,9+/m0/s1. The van der Waals surface area contributed by atoms with Gasteiger partial charge in [0.05, 0.1) is 7.11 Å². The van der Waals surface area contributed by atoms with E-state index in [9.17, 15) is 13.2 Å². The molecular formula is C10H18N2O4S. The zero-order valence-electron chi connectivity index (χ0n) is 10.0. The Bertz CT molecular complexity index is 409. The van der Waals surface area contributed by atoms with Gasteiger partial charge < -0.3 is 10.1 Å². The SMILES string of the molecule is COC(=O)C(C)S(=O)(=O)N1CC[C@H]2CNC[C@H]21. The van der Waals surface area contributed by atoms with Gasteiger partial charge >= 0.3 is 5.97 Å². The van der Waals surface area contributed by atoms with Crippen LogP contribution in [-0.4, -0.2) is 56.7 Å². The molecule has 2 aliphatic heterocycles. The van der Waals surface area contributed by atoms with Crippen LogP contribution in [-0.2, 0) is 19.6 Å². The molecule has 0 amide bonds. The van der Waals surface area contributed by atoms with E-state index < -0.39 is 21.2 Å². The number of ether oxygens (including phenoxy) is 1. The van der Waals surface area contributed by atoms with Crippen LogP contribution in [0.15, 0.2) is 0 Å². The van der Waals surface area contributed by atoms with Crippen LogP contribution in [0.1, 0.15) is 13.3 Å². The molecule has 2 aliphatic rings. The monoisotopic (exact) mass is 262 g/mol. The molecule has 2 rings (SSSR count). The van der Waals surface area contributed by atoms with Crippen molar-refractivity contribution in [3.8, 4) is 0 Å². The highest BCUT2D eigenvalue weighted by Gasteiger charge is 2.46. The third kappa shape index (κ3) is 2.07. The minimum Gasteiger partial charge on any atom is -0.468 e. The van der Waals surface area contributed by atoms with Gasteiger partial charge in [0.25, 0.3) is 0 Å². The van der Waals surface area contributed by atoms with Crippen molar-refractivity contribution >= 4 is 16.0 Å². The van der Waals surface area contributed by atoms with Gasteiger partial charge in [0, 0.05) is 19.1 Å². The highest BCUT2D eigenvalue weighted by molar-refractivity contribution is 7.90. The van der Waals surface area contributed by atoms with Crippen LogP contribution in [0.5, 0.6) is 0 Å². The first kappa shape index (κ1) is 12.8. The van der Waals surface area contributed by atoms with Crippen LogP contribution >= 0.6 is 0 Å². The topological polar surface area (TPSA) is 75.7 Å². The Morgan fingerprint density at radius 3 is 2.82 bits per heavy atom. The Labute approximate surface area is 101 Å². The lowest BCUT2D eigenvalue weighted by molar-refractivity contribution is -0.139. The first-order chi connectivity index (χ1) is 7.98. The van der Waals surface area contributed by atoms with E-state index in [2.05, 4.69) is 10.1 Å². The van der Waals surface area contributed by atoms with Gasteiger partial charge in [0.1, 0.15) is 0 Å². The molecule has 0 aromatic heterocycles. The number of nitrogens with one attached hydrogen (secondary N) is 1. The summed E-state index contributed by atoms with van der Waals surface area (Å²) in [5.74, 6) is -0.311. The molecule has 0 bridgehead atoms. The normalized spacial score (nSPS) is 31.2. The minimum atomic E-state index is -3.59. The minimum absolute atomic E-state index is 0.00658. The van der Waals surface area contributed by atoms with E-state index in [0.717, 1.165) is 13.0 Å². The smallest absolute Gasteiger partial charge is 0.325 e. The van der Waals surface area contributed by atoms with Gasteiger partial charge in [-0.15, -0.1) is 0 Å². The van der Waals surface area contributed by atoms with Gasteiger partial charge in [-0.25, -0.2) is 8.42 Å². The maximum absolute atomic E-state index is 12.3. The molecule has 17 heavy (non-hydrogen) atoms. The molecule has 6 nitrogen and oxygen atoms in total. The molecule has 1 unspecified atom stereocenters. The van der Waals surface area contributed by atoms with Crippen molar-refractivity contribution in [2.45, 2.75) is 24.6 Å². The van der Waals surface area contributed by atoms with Gasteiger partial charge in [-0.3, -0.25) is 4.79 Å². The molecule has 0 spiro atoms. The molecule has 7 heteroatoms. The average molecular weight is 262 g/mol. The van der Waals surface area contributed by atoms with E-state index >= 15 is 0 Å². The molecule has 1 N–H and O–H groups in total. The van der Waals surface area contributed by atoms with Crippen molar-refractivity contribution in [1.82, 2.24) is 9.62 Å². The molecule has 2 saturated heterocycles. The van der Waals surface area contributed by atoms with Crippen LogP contribution in [0.4, 0.5) is 0 Å². The number of rotatable bonds is 3. The lowest BCUT2D eigenvalue weighted by Crippen LogP contribution is -2.45. The second-order valence-electron chi connectivity index (χ2n) is 4.60. The van der Waals surface area contributed by atoms with E-state index in [1.807, 2.05) is 0 Å². The average Bonchev–Trinajstić information content (AvgIpc) is 2.87. The fourth-order valence-corrected chi connectivity index (χ4v) is 4.35. The number of hydrogen-bond donors (Lipinski definition) is 1. The summed E-state index contributed by atoms with van der Waals surface area (Å²) < 4.78 is 30.5. The van der Waals surface area contributed by atoms with E-state index in [-0.39, 0.29) is 6.04 Å². The Kier molecular flexibility index (Phi) is 3.42. The third-order valence-corrected chi connectivity index (χ3v) is 5.89. The van der Waals surface area contributed by atoms with Crippen LogP contribution < -0.4 is 5.32 Å². The maximum atomic E-state index is 12.3. The zero-order valence-corrected chi connectivity index (χ0v) is 10.9. The van der Waals surface area contributed by atoms with E-state index in [1.165, 1.54) is 18.3 Å². The predicted molar refractivity (Wildman–Crippen MR) is 61.9 cm³/mol. The largest absolute Gasteiger partial charge is 0.468 e. The summed E-state index contributed by atoms with van der Waals surface area (Å²) in [7, 11) is -2.38. The van der Waals surface area contributed by atoms with Crippen molar-refractivity contribution in [3.05, 3.63) is 0 Å². The van der Waals surface area contributed by atoms with Crippen LogP contribution in [0.25, 0.3) is 0 Å². The third-order valence-electron chi connectivity index (χ3n) is 3.70. The molecule has 98 valence electrons. The Balaban J connectivity index is 2.18. The molecule has 0 aromatic carbocycles. The quantitative estimate of drug-likeness (QED) is 0.672. The summed E-state index contributed by atoms with van der Waals surface area (Å²) in [4.78, 5) is 11.4. The molecule has 0 aliphatic carbocycles. The molecule has 0 radical (unpaired) electrons. The van der Waals surface area contributed by atoms with Gasteiger partial charge in [-0.2, -0.15) is 4.31 Å². The molecule has 0 aromatic rings. The fraction of sp³-hybridized carbons (Fsp3) is 0.900. The summed E-state index contributed by atoms with van der Waals surface area (Å²) in [5, 5.41) is 2.07. The van der Waals surface area contributed by atoms with E-state index in [0.29, 0.717) is 19.0 Å². The first-order valence-electron chi connectivity index (χ1n) is 5.77. The van der Waals surface area contributed by atoms with Gasteiger partial charge in [0.15, 0.2) is 5.25 Å². The van der Waals surface area contributed by atoms with Gasteiger partial charge in [0.2, 0.25) is 10.0 Å². The number of esters is 1. The second-order valence-corrected chi connectivity index (χ2v) is 6.80. The second kappa shape index (κ2) is 4.55. The zero-order chi connectivity index (χ0) is 12.6. The summed E-state index contributed by atoms with van der Waals surface area (Å²) >= 11 is 0.